The molecule has 13 heteroatoms. The monoisotopic (exact) mass is 582 g/mol. The van der Waals surface area contributed by atoms with E-state index in [4.69, 9.17) is 13.6 Å². The molecule has 9 nitrogen and oxygen atoms in total. The summed E-state index contributed by atoms with van der Waals surface area (Å²) in [7, 11) is -10.9. The van der Waals surface area contributed by atoms with Gasteiger partial charge in [-0.15, -0.1) is 0 Å². The molecule has 0 saturated heterocycles. The molecular formula is C24H30AlO9P3. The van der Waals surface area contributed by atoms with Crippen molar-refractivity contribution in [2.24, 2.45) is 0 Å². The Bertz CT molecular complexity index is 1000. The average Bonchev–Trinajstić information content (AvgIpc) is 2.86. The van der Waals surface area contributed by atoms with E-state index in [9.17, 15) is 28.4 Å². The van der Waals surface area contributed by atoms with Gasteiger partial charge in [-0.1, -0.05) is 75.4 Å². The zero-order valence-corrected chi connectivity index (χ0v) is 24.7. The van der Waals surface area contributed by atoms with Crippen LogP contribution in [0.5, 0.6) is 17.2 Å². The summed E-state index contributed by atoms with van der Waals surface area (Å²) in [5, 5.41) is 0. The maximum Gasteiger partial charge on any atom is 3.00 e. The number of para-hydroxylation sites is 3. The van der Waals surface area contributed by atoms with Crippen molar-refractivity contribution >= 4 is 40.1 Å². The van der Waals surface area contributed by atoms with Gasteiger partial charge in [0.2, 0.25) is 0 Å². The van der Waals surface area contributed by atoms with E-state index in [2.05, 4.69) is 0 Å². The van der Waals surface area contributed by atoms with Gasteiger partial charge in [0.05, 0.1) is 0 Å². The molecule has 3 unspecified atom stereocenters. The summed E-state index contributed by atoms with van der Waals surface area (Å²) >= 11 is 0. The second-order valence-corrected chi connectivity index (χ2v) is 13.1. The van der Waals surface area contributed by atoms with Crippen LogP contribution in [-0.4, -0.2) is 35.8 Å². The molecule has 0 fully saturated rings. The molecule has 0 amide bonds. The molecule has 0 spiro atoms. The van der Waals surface area contributed by atoms with E-state index in [1.165, 1.54) is 0 Å². The fraction of sp³-hybridized carbons (Fsp3) is 0.250. The van der Waals surface area contributed by atoms with Gasteiger partial charge in [-0.2, -0.15) is 0 Å². The zero-order valence-electron chi connectivity index (χ0n) is 20.9. The summed E-state index contributed by atoms with van der Waals surface area (Å²) in [5.41, 5.74) is 0. The Morgan fingerprint density at radius 2 is 0.676 bits per heavy atom. The maximum absolute atomic E-state index is 11.0. The van der Waals surface area contributed by atoms with Crippen molar-refractivity contribution in [1.82, 2.24) is 0 Å². The topological polar surface area (TPSA) is 148 Å². The molecule has 0 bridgehead atoms. The van der Waals surface area contributed by atoms with E-state index in [-0.39, 0.29) is 35.8 Å². The quantitative estimate of drug-likeness (QED) is 0.262. The van der Waals surface area contributed by atoms with Crippen molar-refractivity contribution in [1.29, 1.82) is 0 Å². The Hall–Kier alpha value is -1.84. The molecule has 0 heterocycles. The van der Waals surface area contributed by atoms with Crippen molar-refractivity contribution in [2.45, 2.75) is 20.8 Å². The van der Waals surface area contributed by atoms with E-state index in [0.29, 0.717) is 17.2 Å². The summed E-state index contributed by atoms with van der Waals surface area (Å²) in [5.74, 6) is 1.12. The van der Waals surface area contributed by atoms with Gasteiger partial charge in [0.1, 0.15) is 17.2 Å². The molecule has 0 aromatic heterocycles. The minimum absolute atomic E-state index is 0. The summed E-state index contributed by atoms with van der Waals surface area (Å²) < 4.78 is 47.2. The average molecular weight is 582 g/mol. The van der Waals surface area contributed by atoms with Crippen molar-refractivity contribution in [3.63, 3.8) is 0 Å². The van der Waals surface area contributed by atoms with Crippen LogP contribution in [0.1, 0.15) is 20.8 Å². The Labute approximate surface area is 229 Å². The predicted octanol–water partition coefficient (Wildman–Crippen LogP) is 4.54. The van der Waals surface area contributed by atoms with E-state index in [1.807, 2.05) is 0 Å². The van der Waals surface area contributed by atoms with Crippen LogP contribution in [0.4, 0.5) is 0 Å². The van der Waals surface area contributed by atoms with Gasteiger partial charge in [0, 0.05) is 18.5 Å². The molecule has 0 aliphatic rings. The van der Waals surface area contributed by atoms with E-state index < -0.39 is 22.8 Å². The summed E-state index contributed by atoms with van der Waals surface area (Å²) in [4.78, 5) is 32.9. The molecule has 3 aromatic rings. The third kappa shape index (κ3) is 16.6. The molecular weight excluding hydrogens is 552 g/mol. The van der Waals surface area contributed by atoms with Crippen LogP contribution in [0.25, 0.3) is 0 Å². The number of benzene rings is 3. The van der Waals surface area contributed by atoms with Crippen molar-refractivity contribution in [3.05, 3.63) is 91.0 Å². The number of hydrogen-bond acceptors (Lipinski definition) is 9. The Morgan fingerprint density at radius 3 is 0.838 bits per heavy atom. The molecule has 3 aromatic carbocycles. The van der Waals surface area contributed by atoms with Crippen LogP contribution in [-0.2, 0) is 13.7 Å². The minimum Gasteiger partial charge on any atom is -0.769 e. The zero-order chi connectivity index (χ0) is 27.1. The normalized spacial score (nSPS) is 14.8. The van der Waals surface area contributed by atoms with Crippen molar-refractivity contribution in [2.75, 3.05) is 18.5 Å². The van der Waals surface area contributed by atoms with Crippen LogP contribution in [0.2, 0.25) is 0 Å². The van der Waals surface area contributed by atoms with E-state index in [1.54, 1.807) is 112 Å². The third-order valence-corrected chi connectivity index (χ3v) is 7.92. The second-order valence-electron chi connectivity index (χ2n) is 6.99. The van der Waals surface area contributed by atoms with E-state index in [0.717, 1.165) is 0 Å². The molecule has 0 saturated carbocycles. The first-order valence-electron chi connectivity index (χ1n) is 11.1. The smallest absolute Gasteiger partial charge is 0.769 e. The van der Waals surface area contributed by atoms with Gasteiger partial charge in [-0.25, -0.2) is 0 Å². The Balaban J connectivity index is 0.000000518. The van der Waals surface area contributed by atoms with Gasteiger partial charge in [-0.3, -0.25) is 13.7 Å². The van der Waals surface area contributed by atoms with E-state index >= 15 is 0 Å². The predicted molar refractivity (Wildman–Crippen MR) is 141 cm³/mol. The molecule has 0 aliphatic carbocycles. The molecule has 0 N–H and O–H groups in total. The third-order valence-electron chi connectivity index (χ3n) is 4.12. The standard InChI is InChI=1S/3C8H11O3P.Al/c3*1-2-12(9,10)11-8-6-4-3-5-7-8;/h3*3-7H,2H2,1H3,(H,9,10);/q;;;+3/p-3. The summed E-state index contributed by atoms with van der Waals surface area (Å²) in [6, 6.07) is 25.4. The first-order valence-corrected chi connectivity index (χ1v) is 16.2. The SMILES string of the molecule is CCP(=O)([O-])Oc1ccccc1.CCP(=O)([O-])Oc1ccccc1.CCP(=O)([O-])Oc1ccccc1.[Al+3]. The van der Waals surface area contributed by atoms with Crippen LogP contribution >= 0.6 is 22.8 Å². The molecule has 198 valence electrons. The number of rotatable bonds is 9. The van der Waals surface area contributed by atoms with Gasteiger partial charge < -0.3 is 28.3 Å². The first kappa shape index (κ1) is 35.2. The molecule has 0 radical (unpaired) electrons. The molecule has 3 rings (SSSR count). The fourth-order valence-corrected chi connectivity index (χ4v) is 3.84. The van der Waals surface area contributed by atoms with Crippen LogP contribution in [0, 0.1) is 0 Å². The van der Waals surface area contributed by atoms with Crippen LogP contribution in [0.15, 0.2) is 91.0 Å². The van der Waals surface area contributed by atoms with Gasteiger partial charge in [0.25, 0.3) is 0 Å². The molecule has 3 atom stereocenters. The maximum atomic E-state index is 11.0. The van der Waals surface area contributed by atoms with Gasteiger partial charge >= 0.3 is 17.4 Å². The first-order chi connectivity index (χ1) is 16.9. The van der Waals surface area contributed by atoms with Gasteiger partial charge in [0.15, 0.2) is 22.8 Å². The van der Waals surface area contributed by atoms with Crippen LogP contribution < -0.4 is 28.3 Å². The van der Waals surface area contributed by atoms with Gasteiger partial charge in [-0.05, 0) is 36.4 Å². The van der Waals surface area contributed by atoms with Crippen molar-refractivity contribution in [3.8, 4) is 17.2 Å². The van der Waals surface area contributed by atoms with Crippen LogP contribution in [0.3, 0.4) is 0 Å². The Kier molecular flexibility index (Phi) is 16.8. The second kappa shape index (κ2) is 17.6. The minimum atomic E-state index is -3.65. The molecule has 0 aliphatic heterocycles. The fourth-order valence-electron chi connectivity index (χ4n) is 2.12. The van der Waals surface area contributed by atoms with Crippen molar-refractivity contribution < 1.29 is 41.9 Å². The largest absolute Gasteiger partial charge is 3.00 e. The summed E-state index contributed by atoms with van der Waals surface area (Å²) in [6.45, 7) is 4.66. The number of hydrogen-bond donors (Lipinski definition) is 0. The summed E-state index contributed by atoms with van der Waals surface area (Å²) in [6.07, 6.45) is 0.0473. The molecule has 37 heavy (non-hydrogen) atoms. The Morgan fingerprint density at radius 1 is 0.486 bits per heavy atom.